The van der Waals surface area contributed by atoms with Gasteiger partial charge in [-0.05, 0) is 62.8 Å². The minimum Gasteiger partial charge on any atom is -0.453 e. The minimum absolute atomic E-state index is 0.000999. The van der Waals surface area contributed by atoms with Crippen LogP contribution in [0.4, 0.5) is 14.0 Å². The van der Waals surface area contributed by atoms with Gasteiger partial charge in [0.15, 0.2) is 0 Å². The number of hydrogen-bond acceptors (Lipinski definition) is 6. The van der Waals surface area contributed by atoms with Gasteiger partial charge in [0.2, 0.25) is 0 Å². The van der Waals surface area contributed by atoms with Gasteiger partial charge in [-0.1, -0.05) is 12.1 Å². The Morgan fingerprint density at radius 2 is 2.14 bits per heavy atom. The van der Waals surface area contributed by atoms with Gasteiger partial charge in [0.05, 0.1) is 19.8 Å². The first kappa shape index (κ1) is 28.1. The Hall–Kier alpha value is -2.43. The van der Waals surface area contributed by atoms with Crippen molar-refractivity contribution in [3.05, 3.63) is 35.6 Å². The second-order valence-electron chi connectivity index (χ2n) is 9.64. The van der Waals surface area contributed by atoms with Gasteiger partial charge in [-0.25, -0.2) is 14.0 Å². The number of ether oxygens (including phenoxy) is 3. The molecule has 202 valence electrons. The fourth-order valence-electron chi connectivity index (χ4n) is 5.14. The topological polar surface area (TPSA) is 101 Å². The molecule has 1 aromatic carbocycles. The van der Waals surface area contributed by atoms with Crippen molar-refractivity contribution < 1.29 is 28.2 Å². The molecule has 2 heterocycles. The number of urea groups is 1. The molecule has 3 rings (SSSR count). The first-order valence-corrected chi connectivity index (χ1v) is 13.0. The van der Waals surface area contributed by atoms with Gasteiger partial charge in [0.25, 0.3) is 0 Å². The molecule has 0 bridgehead atoms. The summed E-state index contributed by atoms with van der Waals surface area (Å²) in [5.74, 6) is 0.121. The number of amides is 3. The summed E-state index contributed by atoms with van der Waals surface area (Å²) >= 11 is 0. The molecule has 9 nitrogen and oxygen atoms in total. The summed E-state index contributed by atoms with van der Waals surface area (Å²) in [6.07, 6.45) is 3.83. The van der Waals surface area contributed by atoms with E-state index in [0.29, 0.717) is 25.6 Å². The molecule has 2 aliphatic rings. The standard InChI is InChI=1S/C26H41FN4O5/c1-28-16-23(14-19-6-5-12-35-18-19)30-25(32)31-11-4-8-21(17-31)24(20-7-3-9-22(27)15-20)36-13-10-29-26(33)34-2/h3,7,9,15,19,21,23-24,28H,4-6,8,10-14,16-18H2,1-2H3,(H,29,33)(H,30,32)/t19-,21+,23-,24-/m0/s1. The molecule has 36 heavy (non-hydrogen) atoms. The summed E-state index contributed by atoms with van der Waals surface area (Å²) < 4.78 is 30.4. The van der Waals surface area contributed by atoms with Crippen LogP contribution in [0.15, 0.2) is 24.3 Å². The average Bonchev–Trinajstić information content (AvgIpc) is 2.89. The molecule has 2 saturated heterocycles. The fourth-order valence-corrected chi connectivity index (χ4v) is 5.14. The number of likely N-dealkylation sites (tertiary alicyclic amines) is 1. The number of halogens is 1. The summed E-state index contributed by atoms with van der Waals surface area (Å²) in [5, 5.41) is 9.01. The normalized spacial score (nSPS) is 21.9. The van der Waals surface area contributed by atoms with Crippen LogP contribution in [0.1, 0.15) is 43.8 Å². The molecule has 3 amide bonds. The van der Waals surface area contributed by atoms with E-state index in [1.807, 2.05) is 18.0 Å². The van der Waals surface area contributed by atoms with Crippen LogP contribution < -0.4 is 16.0 Å². The molecule has 0 spiro atoms. The van der Waals surface area contributed by atoms with Crippen LogP contribution in [0.25, 0.3) is 0 Å². The molecule has 0 radical (unpaired) electrons. The maximum Gasteiger partial charge on any atom is 0.406 e. The van der Waals surface area contributed by atoms with Crippen LogP contribution in [-0.2, 0) is 14.2 Å². The van der Waals surface area contributed by atoms with E-state index in [-0.39, 0.29) is 37.0 Å². The van der Waals surface area contributed by atoms with Crippen LogP contribution in [0.5, 0.6) is 0 Å². The van der Waals surface area contributed by atoms with Gasteiger partial charge in [-0.3, -0.25) is 0 Å². The predicted octanol–water partition coefficient (Wildman–Crippen LogP) is 3.07. The van der Waals surface area contributed by atoms with Gasteiger partial charge >= 0.3 is 12.1 Å². The third-order valence-corrected chi connectivity index (χ3v) is 6.86. The number of rotatable bonds is 11. The Labute approximate surface area is 213 Å². The van der Waals surface area contributed by atoms with Crippen molar-refractivity contribution in [2.24, 2.45) is 11.8 Å². The Morgan fingerprint density at radius 3 is 2.86 bits per heavy atom. The first-order valence-electron chi connectivity index (χ1n) is 13.0. The third kappa shape index (κ3) is 8.90. The zero-order chi connectivity index (χ0) is 25.8. The van der Waals surface area contributed by atoms with Crippen LogP contribution in [-0.4, -0.2) is 83.2 Å². The van der Waals surface area contributed by atoms with Crippen molar-refractivity contribution >= 4 is 12.1 Å². The highest BCUT2D eigenvalue weighted by Gasteiger charge is 2.32. The Balaban J connectivity index is 1.62. The van der Waals surface area contributed by atoms with E-state index in [9.17, 15) is 14.0 Å². The lowest BCUT2D eigenvalue weighted by Crippen LogP contribution is -2.52. The number of nitrogens with zero attached hydrogens (tertiary/aromatic N) is 1. The van der Waals surface area contributed by atoms with Crippen LogP contribution in [0, 0.1) is 17.7 Å². The van der Waals surface area contributed by atoms with E-state index in [2.05, 4.69) is 20.7 Å². The predicted molar refractivity (Wildman–Crippen MR) is 134 cm³/mol. The molecule has 1 aromatic rings. The second kappa shape index (κ2) is 15.0. The van der Waals surface area contributed by atoms with Crippen molar-refractivity contribution in [3.8, 4) is 0 Å². The molecule has 4 atom stereocenters. The van der Waals surface area contributed by atoms with Gasteiger partial charge in [0.1, 0.15) is 5.82 Å². The molecule has 2 fully saturated rings. The van der Waals surface area contributed by atoms with Gasteiger partial charge in [-0.15, -0.1) is 0 Å². The van der Waals surface area contributed by atoms with Crippen molar-refractivity contribution in [3.63, 3.8) is 0 Å². The Bertz CT molecular complexity index is 823. The highest BCUT2D eigenvalue weighted by Crippen LogP contribution is 2.33. The van der Waals surface area contributed by atoms with Crippen LogP contribution in [0.3, 0.4) is 0 Å². The van der Waals surface area contributed by atoms with Gasteiger partial charge in [-0.2, -0.15) is 0 Å². The summed E-state index contributed by atoms with van der Waals surface area (Å²) in [4.78, 5) is 26.4. The zero-order valence-electron chi connectivity index (χ0n) is 21.5. The SMILES string of the molecule is CNC[C@H](C[C@@H]1CCCOC1)NC(=O)N1CCC[C@@H]([C@@H](OCCNC(=O)OC)c2cccc(F)c2)C1. The molecule has 0 saturated carbocycles. The molecular formula is C26H41FN4O5. The van der Waals surface area contributed by atoms with Crippen molar-refractivity contribution in [1.82, 2.24) is 20.9 Å². The molecule has 2 aliphatic heterocycles. The monoisotopic (exact) mass is 508 g/mol. The molecule has 0 aromatic heterocycles. The smallest absolute Gasteiger partial charge is 0.406 e. The summed E-state index contributed by atoms with van der Waals surface area (Å²) in [6.45, 7) is 3.96. The molecular weight excluding hydrogens is 467 g/mol. The molecule has 3 N–H and O–H groups in total. The quantitative estimate of drug-likeness (QED) is 0.397. The second-order valence-corrected chi connectivity index (χ2v) is 9.64. The molecule has 0 unspecified atom stereocenters. The Morgan fingerprint density at radius 1 is 1.28 bits per heavy atom. The molecule has 10 heteroatoms. The number of methoxy groups -OCH3 is 1. The van der Waals surface area contributed by atoms with Crippen LogP contribution >= 0.6 is 0 Å². The van der Waals surface area contributed by atoms with E-state index >= 15 is 0 Å². The van der Waals surface area contributed by atoms with E-state index in [1.165, 1.54) is 19.2 Å². The number of alkyl carbamates (subject to hydrolysis) is 1. The lowest BCUT2D eigenvalue weighted by atomic mass is 9.88. The van der Waals surface area contributed by atoms with Gasteiger partial charge < -0.3 is 35.1 Å². The van der Waals surface area contributed by atoms with Crippen molar-refractivity contribution in [2.45, 2.75) is 44.2 Å². The highest BCUT2D eigenvalue weighted by molar-refractivity contribution is 5.74. The van der Waals surface area contributed by atoms with Crippen molar-refractivity contribution in [2.75, 3.05) is 60.2 Å². The number of hydrogen-bond donors (Lipinski definition) is 3. The minimum atomic E-state index is -0.530. The van der Waals surface area contributed by atoms with Crippen LogP contribution in [0.2, 0.25) is 0 Å². The number of nitrogens with one attached hydrogen (secondary N) is 3. The maximum absolute atomic E-state index is 14.0. The highest BCUT2D eigenvalue weighted by atomic mass is 19.1. The van der Waals surface area contributed by atoms with E-state index in [4.69, 9.17) is 9.47 Å². The first-order chi connectivity index (χ1) is 17.5. The number of carbonyl (C=O) groups is 2. The van der Waals surface area contributed by atoms with E-state index < -0.39 is 12.2 Å². The summed E-state index contributed by atoms with van der Waals surface area (Å²) in [7, 11) is 3.20. The largest absolute Gasteiger partial charge is 0.453 e. The third-order valence-electron chi connectivity index (χ3n) is 6.86. The molecule has 0 aliphatic carbocycles. The van der Waals surface area contributed by atoms with E-state index in [1.54, 1.807) is 6.07 Å². The summed E-state index contributed by atoms with van der Waals surface area (Å²) in [6, 6.07) is 6.33. The van der Waals surface area contributed by atoms with E-state index in [0.717, 1.165) is 50.9 Å². The average molecular weight is 509 g/mol. The van der Waals surface area contributed by atoms with Gasteiger partial charge in [0, 0.05) is 51.4 Å². The number of benzene rings is 1. The number of likely N-dealkylation sites (N-methyl/N-ethyl adjacent to an activating group) is 1. The zero-order valence-corrected chi connectivity index (χ0v) is 21.5. The van der Waals surface area contributed by atoms with Crippen molar-refractivity contribution in [1.29, 1.82) is 0 Å². The maximum atomic E-state index is 14.0. The lowest BCUT2D eigenvalue weighted by Gasteiger charge is -2.38. The fraction of sp³-hybridized carbons (Fsp3) is 0.692. The Kier molecular flexibility index (Phi) is 11.7. The number of carbonyl (C=O) groups excluding carboxylic acids is 2. The summed E-state index contributed by atoms with van der Waals surface area (Å²) in [5.41, 5.74) is 0.727. The lowest BCUT2D eigenvalue weighted by molar-refractivity contribution is -0.00889. The number of piperidine rings is 1.